The molecule has 174 valence electrons. The molecule has 3 aromatic rings. The maximum atomic E-state index is 12.6. The number of hydrogen-bond donors (Lipinski definition) is 1. The third-order valence-corrected chi connectivity index (χ3v) is 6.37. The Bertz CT molecular complexity index is 1210. The van der Waals surface area contributed by atoms with Crippen molar-refractivity contribution in [3.05, 3.63) is 93.5 Å². The number of nitrogens with zero attached hydrogens (tertiary/aromatic N) is 1. The summed E-state index contributed by atoms with van der Waals surface area (Å²) in [5.74, 6) is 0.493. The van der Waals surface area contributed by atoms with Crippen LogP contribution in [0.5, 0.6) is 5.75 Å². The molecule has 0 radical (unpaired) electrons. The molecule has 0 aliphatic heterocycles. The average Bonchev–Trinajstić information content (AvgIpc) is 2.76. The van der Waals surface area contributed by atoms with Gasteiger partial charge in [-0.05, 0) is 48.9 Å². The Morgan fingerprint density at radius 2 is 1.64 bits per heavy atom. The van der Waals surface area contributed by atoms with Crippen LogP contribution in [-0.4, -0.2) is 27.2 Å². The molecule has 0 unspecified atom stereocenters. The van der Waals surface area contributed by atoms with E-state index in [9.17, 15) is 13.2 Å². The zero-order chi connectivity index (χ0) is 24.0. The molecule has 1 amide bonds. The second-order valence-electron chi connectivity index (χ2n) is 7.32. The van der Waals surface area contributed by atoms with Crippen LogP contribution in [0.1, 0.15) is 28.4 Å². The molecule has 0 atom stereocenters. The number of halogens is 2. The fourth-order valence-electron chi connectivity index (χ4n) is 3.23. The summed E-state index contributed by atoms with van der Waals surface area (Å²) in [6.07, 6.45) is 1.11. The number of amides is 1. The largest absolute Gasteiger partial charge is 0.494 e. The normalized spacial score (nSPS) is 11.2. The smallest absolute Gasteiger partial charge is 0.251 e. The second-order valence-corrected chi connectivity index (χ2v) is 10.1. The van der Waals surface area contributed by atoms with Gasteiger partial charge in [-0.2, -0.15) is 0 Å². The fourth-order valence-corrected chi connectivity index (χ4v) is 4.62. The highest BCUT2D eigenvalue weighted by molar-refractivity contribution is 7.92. The van der Waals surface area contributed by atoms with Gasteiger partial charge in [-0.3, -0.25) is 9.10 Å². The van der Waals surface area contributed by atoms with E-state index in [1.807, 2.05) is 31.2 Å². The number of anilines is 1. The van der Waals surface area contributed by atoms with Gasteiger partial charge >= 0.3 is 0 Å². The minimum absolute atomic E-state index is 0.0686. The van der Waals surface area contributed by atoms with E-state index in [4.69, 9.17) is 27.9 Å². The number of ether oxygens (including phenoxy) is 1. The number of rotatable bonds is 9. The van der Waals surface area contributed by atoms with E-state index in [0.717, 1.165) is 17.6 Å². The monoisotopic (exact) mass is 506 g/mol. The summed E-state index contributed by atoms with van der Waals surface area (Å²) in [5.41, 5.74) is 2.41. The molecule has 0 saturated heterocycles. The molecule has 0 fully saturated rings. The molecular weight excluding hydrogens is 483 g/mol. The molecule has 1 N–H and O–H groups in total. The molecule has 0 aliphatic rings. The summed E-state index contributed by atoms with van der Waals surface area (Å²) >= 11 is 12.1. The average molecular weight is 507 g/mol. The van der Waals surface area contributed by atoms with Crippen LogP contribution in [0.2, 0.25) is 10.0 Å². The first-order chi connectivity index (χ1) is 15.7. The number of sulfonamides is 1. The van der Waals surface area contributed by atoms with Crippen molar-refractivity contribution in [3.63, 3.8) is 0 Å². The van der Waals surface area contributed by atoms with Crippen molar-refractivity contribution in [1.82, 2.24) is 5.32 Å². The van der Waals surface area contributed by atoms with Crippen LogP contribution >= 0.6 is 23.2 Å². The van der Waals surface area contributed by atoms with Crippen molar-refractivity contribution >= 4 is 44.8 Å². The third kappa shape index (κ3) is 6.87. The van der Waals surface area contributed by atoms with E-state index in [-0.39, 0.29) is 12.5 Å². The van der Waals surface area contributed by atoms with Crippen molar-refractivity contribution in [2.45, 2.75) is 20.0 Å². The van der Waals surface area contributed by atoms with Crippen LogP contribution in [-0.2, 0) is 23.1 Å². The highest BCUT2D eigenvalue weighted by atomic mass is 35.5. The summed E-state index contributed by atoms with van der Waals surface area (Å²) in [7, 11) is -3.60. The molecule has 3 rings (SSSR count). The van der Waals surface area contributed by atoms with Gasteiger partial charge in [0.2, 0.25) is 10.0 Å². The molecular formula is C24H24Cl2N2O4S. The van der Waals surface area contributed by atoms with Crippen molar-refractivity contribution in [2.75, 3.05) is 17.2 Å². The zero-order valence-electron chi connectivity index (χ0n) is 18.2. The minimum Gasteiger partial charge on any atom is -0.494 e. The predicted molar refractivity (Wildman–Crippen MR) is 133 cm³/mol. The van der Waals surface area contributed by atoms with Gasteiger partial charge in [-0.25, -0.2) is 8.42 Å². The van der Waals surface area contributed by atoms with Crippen LogP contribution < -0.4 is 14.4 Å². The number of nitrogens with one attached hydrogen (secondary N) is 1. The number of benzene rings is 3. The quantitative estimate of drug-likeness (QED) is 0.427. The lowest BCUT2D eigenvalue weighted by Crippen LogP contribution is -2.29. The lowest BCUT2D eigenvalue weighted by Gasteiger charge is -2.23. The standard InChI is InChI=1S/C24H24Cl2N2O4S/c1-3-32-23-7-5-4-6-19(23)15-27-24(29)18-10-8-17(9-11-18)16-28(33(2,30)31)22-13-20(25)12-21(26)14-22/h4-14H,3,15-16H2,1-2H3,(H,27,29). The van der Waals surface area contributed by atoms with Crippen LogP contribution in [0.3, 0.4) is 0 Å². The van der Waals surface area contributed by atoms with Gasteiger partial charge in [0.25, 0.3) is 5.91 Å². The summed E-state index contributed by atoms with van der Waals surface area (Å²) < 4.78 is 31.6. The van der Waals surface area contributed by atoms with Crippen LogP contribution in [0.4, 0.5) is 5.69 Å². The first-order valence-corrected chi connectivity index (χ1v) is 12.8. The molecule has 0 bridgehead atoms. The van der Waals surface area contributed by atoms with E-state index < -0.39 is 10.0 Å². The summed E-state index contributed by atoms with van der Waals surface area (Å²) in [6.45, 7) is 2.84. The number of para-hydroxylation sites is 1. The molecule has 9 heteroatoms. The maximum absolute atomic E-state index is 12.6. The Morgan fingerprint density at radius 3 is 2.24 bits per heavy atom. The van der Waals surface area contributed by atoms with E-state index in [0.29, 0.717) is 40.0 Å². The second kappa shape index (κ2) is 10.9. The van der Waals surface area contributed by atoms with Crippen molar-refractivity contribution < 1.29 is 17.9 Å². The lowest BCUT2D eigenvalue weighted by molar-refractivity contribution is 0.0950. The van der Waals surface area contributed by atoms with Gasteiger partial charge in [-0.15, -0.1) is 0 Å². The zero-order valence-corrected chi connectivity index (χ0v) is 20.5. The molecule has 0 aromatic heterocycles. The van der Waals surface area contributed by atoms with Gasteiger partial charge in [0.05, 0.1) is 25.1 Å². The van der Waals surface area contributed by atoms with Gasteiger partial charge in [0, 0.05) is 27.7 Å². The van der Waals surface area contributed by atoms with Crippen LogP contribution in [0.15, 0.2) is 66.7 Å². The maximum Gasteiger partial charge on any atom is 0.251 e. The Balaban J connectivity index is 1.71. The molecule has 0 heterocycles. The van der Waals surface area contributed by atoms with E-state index >= 15 is 0 Å². The highest BCUT2D eigenvalue weighted by Crippen LogP contribution is 2.28. The van der Waals surface area contributed by atoms with E-state index in [1.54, 1.807) is 24.3 Å². The Kier molecular flexibility index (Phi) is 8.24. The molecule has 0 spiro atoms. The lowest BCUT2D eigenvalue weighted by atomic mass is 10.1. The SMILES string of the molecule is CCOc1ccccc1CNC(=O)c1ccc(CN(c2cc(Cl)cc(Cl)c2)S(C)(=O)=O)cc1. The number of carbonyl (C=O) groups excluding carboxylic acids is 1. The van der Waals surface area contributed by atoms with E-state index in [2.05, 4.69) is 5.32 Å². The summed E-state index contributed by atoms with van der Waals surface area (Å²) in [6, 6.07) is 18.9. The first-order valence-electron chi connectivity index (χ1n) is 10.2. The number of carbonyl (C=O) groups is 1. The molecule has 0 aliphatic carbocycles. The topological polar surface area (TPSA) is 75.7 Å². The molecule has 0 saturated carbocycles. The van der Waals surface area contributed by atoms with Gasteiger partial charge < -0.3 is 10.1 Å². The summed E-state index contributed by atoms with van der Waals surface area (Å²) in [5, 5.41) is 3.56. The minimum atomic E-state index is -3.60. The molecule has 3 aromatic carbocycles. The molecule has 33 heavy (non-hydrogen) atoms. The Hall–Kier alpha value is -2.74. The van der Waals surface area contributed by atoms with Crippen molar-refractivity contribution in [1.29, 1.82) is 0 Å². The van der Waals surface area contributed by atoms with Gasteiger partial charge in [0.15, 0.2) is 0 Å². The van der Waals surface area contributed by atoms with Crippen molar-refractivity contribution in [3.8, 4) is 5.75 Å². The Labute approximate surface area is 204 Å². The van der Waals surface area contributed by atoms with Gasteiger partial charge in [0.1, 0.15) is 5.75 Å². The third-order valence-electron chi connectivity index (χ3n) is 4.79. The number of hydrogen-bond acceptors (Lipinski definition) is 4. The van der Waals surface area contributed by atoms with Crippen LogP contribution in [0.25, 0.3) is 0 Å². The van der Waals surface area contributed by atoms with E-state index in [1.165, 1.54) is 22.5 Å². The van der Waals surface area contributed by atoms with Gasteiger partial charge in [-0.1, -0.05) is 53.5 Å². The Morgan fingerprint density at radius 1 is 1.00 bits per heavy atom. The first kappa shape index (κ1) is 24.9. The van der Waals surface area contributed by atoms with Crippen molar-refractivity contribution in [2.24, 2.45) is 0 Å². The predicted octanol–water partition coefficient (Wildman–Crippen LogP) is 5.29. The van der Waals surface area contributed by atoms with Crippen LogP contribution in [0, 0.1) is 0 Å². The summed E-state index contributed by atoms with van der Waals surface area (Å²) in [4.78, 5) is 12.6. The fraction of sp³-hybridized carbons (Fsp3) is 0.208. The highest BCUT2D eigenvalue weighted by Gasteiger charge is 2.19. The molecule has 6 nitrogen and oxygen atoms in total.